The van der Waals surface area contributed by atoms with E-state index < -0.39 is 5.97 Å². The van der Waals surface area contributed by atoms with Gasteiger partial charge in [0.1, 0.15) is 5.82 Å². The Morgan fingerprint density at radius 2 is 2.30 bits per heavy atom. The van der Waals surface area contributed by atoms with Gasteiger partial charge in [-0.05, 0) is 25.2 Å². The van der Waals surface area contributed by atoms with Crippen molar-refractivity contribution >= 4 is 11.9 Å². The highest BCUT2D eigenvalue weighted by Gasteiger charge is 2.27. The van der Waals surface area contributed by atoms with Crippen LogP contribution in [0.3, 0.4) is 0 Å². The van der Waals surface area contributed by atoms with E-state index in [9.17, 15) is 9.59 Å². The van der Waals surface area contributed by atoms with Crippen molar-refractivity contribution in [1.82, 2.24) is 20.1 Å². The van der Waals surface area contributed by atoms with Crippen LogP contribution in [0.4, 0.5) is 0 Å². The normalized spacial score (nSPS) is 19.1. The molecular weight excluding hydrogens is 260 g/mol. The molecule has 1 unspecified atom stereocenters. The van der Waals surface area contributed by atoms with Crippen LogP contribution < -0.4 is 0 Å². The van der Waals surface area contributed by atoms with Gasteiger partial charge in [-0.15, -0.1) is 5.10 Å². The summed E-state index contributed by atoms with van der Waals surface area (Å²) in [6.07, 6.45) is 3.50. The number of hydrogen-bond acceptors (Lipinski definition) is 4. The number of carboxylic acids is 1. The second-order valence-corrected chi connectivity index (χ2v) is 5.21. The molecule has 2 N–H and O–H groups in total. The first kappa shape index (κ1) is 14.5. The van der Waals surface area contributed by atoms with Crippen molar-refractivity contribution in [3.05, 3.63) is 11.6 Å². The number of aromatic amines is 1. The molecule has 1 atom stereocenters. The molecule has 1 fully saturated rings. The van der Waals surface area contributed by atoms with Crippen LogP contribution in [-0.4, -0.2) is 50.2 Å². The van der Waals surface area contributed by atoms with Crippen LogP contribution in [0.1, 0.15) is 49.1 Å². The Kier molecular flexibility index (Phi) is 4.70. The fraction of sp³-hybridized carbons (Fsp3) is 0.692. The maximum Gasteiger partial charge on any atom is 0.303 e. The fourth-order valence-electron chi connectivity index (χ4n) is 2.54. The Morgan fingerprint density at radius 1 is 1.50 bits per heavy atom. The molecule has 110 valence electrons. The quantitative estimate of drug-likeness (QED) is 0.841. The SMILES string of the molecule is CCCc1nc(C(=O)N2CCCC(CC(=O)O)C2)n[nH]1. The fourth-order valence-corrected chi connectivity index (χ4v) is 2.54. The molecule has 0 aliphatic carbocycles. The topological polar surface area (TPSA) is 99.2 Å². The maximum atomic E-state index is 12.3. The lowest BCUT2D eigenvalue weighted by atomic mass is 9.95. The second-order valence-electron chi connectivity index (χ2n) is 5.21. The average Bonchev–Trinajstić information content (AvgIpc) is 2.86. The smallest absolute Gasteiger partial charge is 0.303 e. The van der Waals surface area contributed by atoms with E-state index in [-0.39, 0.29) is 24.1 Å². The third kappa shape index (κ3) is 3.55. The lowest BCUT2D eigenvalue weighted by Crippen LogP contribution is -2.41. The number of aliphatic carboxylic acids is 1. The summed E-state index contributed by atoms with van der Waals surface area (Å²) in [6, 6.07) is 0. The van der Waals surface area contributed by atoms with Gasteiger partial charge in [-0.3, -0.25) is 14.7 Å². The molecule has 1 aromatic rings. The van der Waals surface area contributed by atoms with E-state index in [2.05, 4.69) is 15.2 Å². The van der Waals surface area contributed by atoms with Crippen molar-refractivity contribution < 1.29 is 14.7 Å². The molecular formula is C13H20N4O3. The maximum absolute atomic E-state index is 12.3. The molecule has 2 rings (SSSR count). The van der Waals surface area contributed by atoms with Crippen molar-refractivity contribution in [2.45, 2.75) is 39.0 Å². The van der Waals surface area contributed by atoms with Crippen LogP contribution in [0.2, 0.25) is 0 Å². The van der Waals surface area contributed by atoms with E-state index >= 15 is 0 Å². The first-order chi connectivity index (χ1) is 9.60. The van der Waals surface area contributed by atoms with Crippen molar-refractivity contribution in [3.63, 3.8) is 0 Å². The summed E-state index contributed by atoms with van der Waals surface area (Å²) >= 11 is 0. The van der Waals surface area contributed by atoms with Crippen LogP contribution in [0.15, 0.2) is 0 Å². The molecule has 7 heteroatoms. The number of aromatic nitrogens is 3. The molecule has 0 aromatic carbocycles. The van der Waals surface area contributed by atoms with E-state index in [0.717, 1.165) is 31.5 Å². The summed E-state index contributed by atoms with van der Waals surface area (Å²) in [6.45, 7) is 3.15. The van der Waals surface area contributed by atoms with Crippen molar-refractivity contribution in [1.29, 1.82) is 0 Å². The Morgan fingerprint density at radius 3 is 3.00 bits per heavy atom. The Balaban J connectivity index is 1.98. The molecule has 7 nitrogen and oxygen atoms in total. The third-order valence-corrected chi connectivity index (χ3v) is 3.48. The van der Waals surface area contributed by atoms with E-state index in [0.29, 0.717) is 13.1 Å². The number of nitrogens with zero attached hydrogens (tertiary/aromatic N) is 3. The number of H-pyrrole nitrogens is 1. The summed E-state index contributed by atoms with van der Waals surface area (Å²) < 4.78 is 0. The molecule has 2 heterocycles. The monoisotopic (exact) mass is 280 g/mol. The highest BCUT2D eigenvalue weighted by Crippen LogP contribution is 2.20. The zero-order chi connectivity index (χ0) is 14.5. The minimum atomic E-state index is -0.813. The van der Waals surface area contributed by atoms with Gasteiger partial charge < -0.3 is 10.0 Å². The van der Waals surface area contributed by atoms with Gasteiger partial charge in [0.05, 0.1) is 0 Å². The molecule has 1 saturated heterocycles. The number of amides is 1. The number of piperidine rings is 1. The molecule has 1 aromatic heterocycles. The van der Waals surface area contributed by atoms with Gasteiger partial charge in [-0.2, -0.15) is 0 Å². The molecule has 0 spiro atoms. The highest BCUT2D eigenvalue weighted by molar-refractivity contribution is 5.90. The molecule has 0 saturated carbocycles. The van der Waals surface area contributed by atoms with Gasteiger partial charge in [0.25, 0.3) is 5.91 Å². The largest absolute Gasteiger partial charge is 0.481 e. The predicted octanol–water partition coefficient (Wildman–Crippen LogP) is 1.08. The summed E-state index contributed by atoms with van der Waals surface area (Å²) in [4.78, 5) is 28.9. The number of hydrogen-bond donors (Lipinski definition) is 2. The van der Waals surface area contributed by atoms with Gasteiger partial charge in [-0.1, -0.05) is 6.92 Å². The summed E-state index contributed by atoms with van der Waals surface area (Å²) in [5, 5.41) is 15.6. The lowest BCUT2D eigenvalue weighted by Gasteiger charge is -2.31. The van der Waals surface area contributed by atoms with E-state index in [1.165, 1.54) is 0 Å². The Bertz CT molecular complexity index is 486. The molecule has 20 heavy (non-hydrogen) atoms. The minimum absolute atomic E-state index is 0.0271. The minimum Gasteiger partial charge on any atom is -0.481 e. The van der Waals surface area contributed by atoms with Crippen LogP contribution in [0, 0.1) is 5.92 Å². The van der Waals surface area contributed by atoms with E-state index in [1.807, 2.05) is 6.92 Å². The highest BCUT2D eigenvalue weighted by atomic mass is 16.4. The lowest BCUT2D eigenvalue weighted by molar-refractivity contribution is -0.138. The van der Waals surface area contributed by atoms with Gasteiger partial charge in [0.2, 0.25) is 5.82 Å². The van der Waals surface area contributed by atoms with Crippen molar-refractivity contribution in [2.75, 3.05) is 13.1 Å². The number of carboxylic acid groups (broad SMARTS) is 1. The average molecular weight is 280 g/mol. The van der Waals surface area contributed by atoms with E-state index in [1.54, 1.807) is 4.90 Å². The number of likely N-dealkylation sites (tertiary alicyclic amines) is 1. The molecule has 1 amide bonds. The number of nitrogens with one attached hydrogen (secondary N) is 1. The number of aryl methyl sites for hydroxylation is 1. The summed E-state index contributed by atoms with van der Waals surface area (Å²) in [7, 11) is 0. The number of rotatable bonds is 5. The van der Waals surface area contributed by atoms with Crippen LogP contribution >= 0.6 is 0 Å². The summed E-state index contributed by atoms with van der Waals surface area (Å²) in [5.74, 6) is -0.0928. The predicted molar refractivity (Wildman–Crippen MR) is 71.3 cm³/mol. The molecule has 1 aliphatic heterocycles. The number of carbonyl (C=O) groups excluding carboxylic acids is 1. The second kappa shape index (κ2) is 6.49. The van der Waals surface area contributed by atoms with E-state index in [4.69, 9.17) is 5.11 Å². The molecule has 0 radical (unpaired) electrons. The van der Waals surface area contributed by atoms with Crippen LogP contribution in [-0.2, 0) is 11.2 Å². The zero-order valence-electron chi connectivity index (χ0n) is 11.6. The van der Waals surface area contributed by atoms with Gasteiger partial charge in [0.15, 0.2) is 0 Å². The van der Waals surface area contributed by atoms with Gasteiger partial charge in [0, 0.05) is 25.9 Å². The molecule has 0 bridgehead atoms. The zero-order valence-corrected chi connectivity index (χ0v) is 11.6. The van der Waals surface area contributed by atoms with Crippen molar-refractivity contribution in [2.24, 2.45) is 5.92 Å². The van der Waals surface area contributed by atoms with Crippen LogP contribution in [0.25, 0.3) is 0 Å². The van der Waals surface area contributed by atoms with Crippen LogP contribution in [0.5, 0.6) is 0 Å². The third-order valence-electron chi connectivity index (χ3n) is 3.48. The van der Waals surface area contributed by atoms with Gasteiger partial charge in [-0.25, -0.2) is 4.98 Å². The first-order valence-electron chi connectivity index (χ1n) is 7.02. The van der Waals surface area contributed by atoms with Gasteiger partial charge >= 0.3 is 5.97 Å². The standard InChI is InChI=1S/C13H20N4O3/c1-2-4-10-14-12(16-15-10)13(20)17-6-3-5-9(8-17)7-11(18)19/h9H,2-8H2,1H3,(H,18,19)(H,14,15,16). The Hall–Kier alpha value is -1.92. The summed E-state index contributed by atoms with van der Waals surface area (Å²) in [5.41, 5.74) is 0. The molecule has 1 aliphatic rings. The Labute approximate surface area is 117 Å². The number of carbonyl (C=O) groups is 2. The first-order valence-corrected chi connectivity index (χ1v) is 7.02. The van der Waals surface area contributed by atoms with Crippen molar-refractivity contribution in [3.8, 4) is 0 Å².